The van der Waals surface area contributed by atoms with Crippen LogP contribution in [0.3, 0.4) is 0 Å². The van der Waals surface area contributed by atoms with E-state index in [4.69, 9.17) is 4.74 Å². The monoisotopic (exact) mass is 261 g/mol. The molecule has 19 heavy (non-hydrogen) atoms. The maximum atomic E-state index is 5.30. The van der Waals surface area contributed by atoms with Crippen molar-refractivity contribution in [1.29, 1.82) is 0 Å². The molecule has 0 saturated carbocycles. The molecule has 1 aliphatic carbocycles. The Labute approximate surface area is 117 Å². The Hall–Kier alpha value is -0.860. The van der Waals surface area contributed by atoms with Crippen LogP contribution in [0.2, 0.25) is 0 Å². The third-order valence-electron chi connectivity index (χ3n) is 4.15. The lowest BCUT2D eigenvalue weighted by atomic mass is 9.83. The molecule has 0 bridgehead atoms. The fourth-order valence-corrected chi connectivity index (χ4v) is 3.17. The quantitative estimate of drug-likeness (QED) is 0.811. The molecular weight excluding hydrogens is 234 g/mol. The van der Waals surface area contributed by atoms with Crippen LogP contribution in [0.5, 0.6) is 0 Å². The number of hydrogen-bond acceptors (Lipinski definition) is 2. The maximum Gasteiger partial charge on any atom is 0.0615 e. The fraction of sp³-hybridized carbons (Fsp3) is 0.647. The van der Waals surface area contributed by atoms with Gasteiger partial charge in [-0.2, -0.15) is 0 Å². The van der Waals surface area contributed by atoms with Crippen LogP contribution >= 0.6 is 0 Å². The van der Waals surface area contributed by atoms with Gasteiger partial charge in [0.15, 0.2) is 0 Å². The van der Waals surface area contributed by atoms with Crippen molar-refractivity contribution in [3.63, 3.8) is 0 Å². The van der Waals surface area contributed by atoms with Crippen molar-refractivity contribution in [2.75, 3.05) is 20.3 Å². The average molecular weight is 261 g/mol. The molecule has 0 radical (unpaired) electrons. The molecule has 2 nitrogen and oxygen atoms in total. The fourth-order valence-electron chi connectivity index (χ4n) is 3.17. The molecule has 0 heterocycles. The summed E-state index contributed by atoms with van der Waals surface area (Å²) >= 11 is 0. The first-order valence-corrected chi connectivity index (χ1v) is 7.65. The summed E-state index contributed by atoms with van der Waals surface area (Å²) in [6, 6.07) is 9.45. The number of rotatable bonds is 7. The van der Waals surface area contributed by atoms with E-state index >= 15 is 0 Å². The predicted molar refractivity (Wildman–Crippen MR) is 80.7 cm³/mol. The summed E-state index contributed by atoms with van der Waals surface area (Å²) in [5.74, 6) is 0.682. The summed E-state index contributed by atoms with van der Waals surface area (Å²) in [5.41, 5.74) is 3.12. The number of nitrogens with one attached hydrogen (secondary N) is 1. The standard InChI is InChI=1S/C17H27NO/c1-3-7-16(13-19-2)18-12-15-10-6-9-14-8-4-5-11-17(14)15/h4-5,8,11,15-16,18H,3,6-7,9-10,12-13H2,1-2H3. The van der Waals surface area contributed by atoms with E-state index in [-0.39, 0.29) is 0 Å². The highest BCUT2D eigenvalue weighted by Gasteiger charge is 2.20. The zero-order valence-corrected chi connectivity index (χ0v) is 12.3. The van der Waals surface area contributed by atoms with Gasteiger partial charge in [-0.3, -0.25) is 0 Å². The molecule has 2 heteroatoms. The summed E-state index contributed by atoms with van der Waals surface area (Å²) in [6.07, 6.45) is 6.30. The van der Waals surface area contributed by atoms with Crippen LogP contribution in [-0.2, 0) is 11.2 Å². The van der Waals surface area contributed by atoms with E-state index in [1.165, 1.54) is 32.1 Å². The van der Waals surface area contributed by atoms with Crippen LogP contribution in [0.4, 0.5) is 0 Å². The molecule has 1 N–H and O–H groups in total. The molecule has 1 aromatic carbocycles. The molecule has 1 aliphatic rings. The summed E-state index contributed by atoms with van der Waals surface area (Å²) in [4.78, 5) is 0. The van der Waals surface area contributed by atoms with Crippen LogP contribution < -0.4 is 5.32 Å². The Balaban J connectivity index is 1.92. The van der Waals surface area contributed by atoms with Gasteiger partial charge in [-0.15, -0.1) is 0 Å². The third kappa shape index (κ3) is 4.05. The molecule has 0 saturated heterocycles. The Bertz CT molecular complexity index is 371. The summed E-state index contributed by atoms with van der Waals surface area (Å²) in [7, 11) is 1.79. The minimum atomic E-state index is 0.504. The van der Waals surface area contributed by atoms with E-state index in [2.05, 4.69) is 36.5 Å². The van der Waals surface area contributed by atoms with Gasteiger partial charge in [0.05, 0.1) is 6.61 Å². The van der Waals surface area contributed by atoms with Gasteiger partial charge >= 0.3 is 0 Å². The molecule has 1 aromatic rings. The largest absolute Gasteiger partial charge is 0.383 e. The first-order chi connectivity index (χ1) is 9.35. The van der Waals surface area contributed by atoms with Crippen molar-refractivity contribution in [3.05, 3.63) is 35.4 Å². The van der Waals surface area contributed by atoms with Crippen LogP contribution in [0.15, 0.2) is 24.3 Å². The van der Waals surface area contributed by atoms with Crippen LogP contribution in [0, 0.1) is 0 Å². The number of hydrogen-bond donors (Lipinski definition) is 1. The number of benzene rings is 1. The van der Waals surface area contributed by atoms with Gasteiger partial charge in [0, 0.05) is 19.7 Å². The second-order valence-electron chi connectivity index (χ2n) is 5.64. The van der Waals surface area contributed by atoms with Gasteiger partial charge in [-0.25, -0.2) is 0 Å². The highest BCUT2D eigenvalue weighted by Crippen LogP contribution is 2.30. The van der Waals surface area contributed by atoms with Gasteiger partial charge in [0.2, 0.25) is 0 Å². The molecule has 0 aromatic heterocycles. The first-order valence-electron chi connectivity index (χ1n) is 7.65. The molecule has 106 valence electrons. The first kappa shape index (κ1) is 14.5. The Morgan fingerprint density at radius 2 is 2.21 bits per heavy atom. The van der Waals surface area contributed by atoms with Crippen LogP contribution in [0.1, 0.15) is 49.7 Å². The van der Waals surface area contributed by atoms with Gasteiger partial charge < -0.3 is 10.1 Å². The zero-order valence-electron chi connectivity index (χ0n) is 12.3. The van der Waals surface area contributed by atoms with Crippen molar-refractivity contribution in [2.45, 2.75) is 51.0 Å². The van der Waals surface area contributed by atoms with E-state index in [9.17, 15) is 0 Å². The molecule has 2 atom stereocenters. The lowest BCUT2D eigenvalue weighted by Crippen LogP contribution is -2.36. The number of ether oxygens (including phenoxy) is 1. The van der Waals surface area contributed by atoms with Gasteiger partial charge in [0.1, 0.15) is 0 Å². The van der Waals surface area contributed by atoms with Crippen LogP contribution in [-0.4, -0.2) is 26.3 Å². The summed E-state index contributed by atoms with van der Waals surface area (Å²) < 4.78 is 5.30. The molecular formula is C17H27NO. The lowest BCUT2D eigenvalue weighted by Gasteiger charge is -2.28. The minimum absolute atomic E-state index is 0.504. The topological polar surface area (TPSA) is 21.3 Å². The smallest absolute Gasteiger partial charge is 0.0615 e. The highest BCUT2D eigenvalue weighted by molar-refractivity contribution is 5.32. The molecule has 0 aliphatic heterocycles. The number of methoxy groups -OCH3 is 1. The molecule has 2 rings (SSSR count). The van der Waals surface area contributed by atoms with Gasteiger partial charge in [0.25, 0.3) is 0 Å². The van der Waals surface area contributed by atoms with E-state index < -0.39 is 0 Å². The van der Waals surface area contributed by atoms with Crippen molar-refractivity contribution in [1.82, 2.24) is 5.32 Å². The van der Waals surface area contributed by atoms with E-state index in [1.54, 1.807) is 18.2 Å². The lowest BCUT2D eigenvalue weighted by molar-refractivity contribution is 0.160. The predicted octanol–water partition coefficient (Wildman–Crippen LogP) is 3.51. The second kappa shape index (κ2) is 7.66. The number of aryl methyl sites for hydroxylation is 1. The van der Waals surface area contributed by atoms with Crippen molar-refractivity contribution >= 4 is 0 Å². The molecule has 2 unspecified atom stereocenters. The Morgan fingerprint density at radius 3 is 3.00 bits per heavy atom. The Morgan fingerprint density at radius 1 is 1.37 bits per heavy atom. The third-order valence-corrected chi connectivity index (χ3v) is 4.15. The second-order valence-corrected chi connectivity index (χ2v) is 5.64. The van der Waals surface area contributed by atoms with Crippen molar-refractivity contribution in [3.8, 4) is 0 Å². The normalized spacial score (nSPS) is 20.0. The molecule has 0 amide bonds. The van der Waals surface area contributed by atoms with E-state index in [0.29, 0.717) is 12.0 Å². The van der Waals surface area contributed by atoms with E-state index in [1.807, 2.05) is 0 Å². The van der Waals surface area contributed by atoms with Crippen molar-refractivity contribution in [2.24, 2.45) is 0 Å². The van der Waals surface area contributed by atoms with Crippen molar-refractivity contribution < 1.29 is 4.74 Å². The number of fused-ring (bicyclic) bond motifs is 1. The SMILES string of the molecule is CCCC(COC)NCC1CCCc2ccccc21. The molecule has 0 fully saturated rings. The Kier molecular flexibility index (Phi) is 5.87. The molecule has 0 spiro atoms. The summed E-state index contributed by atoms with van der Waals surface area (Å²) in [5, 5.41) is 3.71. The average Bonchev–Trinajstić information content (AvgIpc) is 2.45. The maximum absolute atomic E-state index is 5.30. The zero-order chi connectivity index (χ0) is 13.5. The highest BCUT2D eigenvalue weighted by atomic mass is 16.5. The van der Waals surface area contributed by atoms with Gasteiger partial charge in [-0.05, 0) is 42.7 Å². The minimum Gasteiger partial charge on any atom is -0.383 e. The van der Waals surface area contributed by atoms with Crippen LogP contribution in [0.25, 0.3) is 0 Å². The van der Waals surface area contributed by atoms with E-state index in [0.717, 1.165) is 13.2 Å². The van der Waals surface area contributed by atoms with Gasteiger partial charge in [-0.1, -0.05) is 37.6 Å². The summed E-state index contributed by atoms with van der Waals surface area (Å²) in [6.45, 7) is 4.15.